The van der Waals surface area contributed by atoms with Crippen molar-refractivity contribution in [1.29, 1.82) is 0 Å². The first-order chi connectivity index (χ1) is 12.4. The van der Waals surface area contributed by atoms with Gasteiger partial charge in [-0.05, 0) is 47.9 Å². The summed E-state index contributed by atoms with van der Waals surface area (Å²) in [5, 5.41) is 0. The van der Waals surface area contributed by atoms with E-state index in [0.29, 0.717) is 17.8 Å². The molecule has 0 radical (unpaired) electrons. The van der Waals surface area contributed by atoms with E-state index in [-0.39, 0.29) is 0 Å². The molecule has 25 heavy (non-hydrogen) atoms. The highest BCUT2D eigenvalue weighted by molar-refractivity contribution is 5.53. The third-order valence-electron chi connectivity index (χ3n) is 7.27. The van der Waals surface area contributed by atoms with Crippen LogP contribution in [0.25, 0.3) is 0 Å². The monoisotopic (exact) mass is 327 g/mol. The number of likely N-dealkylation sites (tertiary alicyclic amines) is 1. The van der Waals surface area contributed by atoms with Crippen molar-refractivity contribution in [3.8, 4) is 0 Å². The summed E-state index contributed by atoms with van der Waals surface area (Å²) < 4.78 is 0. The van der Waals surface area contributed by atoms with Crippen LogP contribution in [0.1, 0.15) is 65.7 Å². The Labute approximate surface area is 150 Å². The Kier molecular flexibility index (Phi) is 3.05. The van der Waals surface area contributed by atoms with Crippen molar-refractivity contribution in [2.75, 3.05) is 13.1 Å². The standard InChI is InChI=1S/C24H25N/c1-2-8-16(7-1)14-25-15-22-18-10-4-3-9-17(18)21-13-23(25)24(22)20-12-6-5-11-19(20)21/h3-7,9-12,21-24H,1-2,8,13-15H2. The highest BCUT2D eigenvalue weighted by atomic mass is 15.2. The maximum atomic E-state index is 2.84. The van der Waals surface area contributed by atoms with Crippen molar-refractivity contribution < 1.29 is 0 Å². The fourth-order valence-electron chi connectivity index (χ4n) is 6.29. The summed E-state index contributed by atoms with van der Waals surface area (Å²) in [6.07, 6.45) is 7.82. The van der Waals surface area contributed by atoms with Crippen LogP contribution in [0.3, 0.4) is 0 Å². The van der Waals surface area contributed by atoms with Gasteiger partial charge in [0.1, 0.15) is 0 Å². The lowest BCUT2D eigenvalue weighted by Gasteiger charge is -2.37. The summed E-state index contributed by atoms with van der Waals surface area (Å²) in [5.74, 6) is 1.97. The highest BCUT2D eigenvalue weighted by Crippen LogP contribution is 2.58. The molecule has 0 saturated carbocycles. The summed E-state index contributed by atoms with van der Waals surface area (Å²) in [6.45, 7) is 2.46. The van der Waals surface area contributed by atoms with Gasteiger partial charge in [-0.25, -0.2) is 0 Å². The zero-order chi connectivity index (χ0) is 16.4. The molecule has 3 aliphatic carbocycles. The fraction of sp³-hybridized carbons (Fsp3) is 0.417. The molecule has 0 aromatic heterocycles. The quantitative estimate of drug-likeness (QED) is 0.686. The highest BCUT2D eigenvalue weighted by Gasteiger charge is 2.51. The number of hydrogen-bond acceptors (Lipinski definition) is 1. The second-order valence-electron chi connectivity index (χ2n) is 8.43. The minimum Gasteiger partial charge on any atom is -0.295 e. The maximum Gasteiger partial charge on any atom is 0.0196 e. The van der Waals surface area contributed by atoms with Crippen LogP contribution in [0, 0.1) is 0 Å². The Balaban J connectivity index is 1.49. The fourth-order valence-corrected chi connectivity index (χ4v) is 6.29. The van der Waals surface area contributed by atoms with Crippen LogP contribution in [-0.4, -0.2) is 24.0 Å². The first kappa shape index (κ1) is 14.3. The summed E-state index contributed by atoms with van der Waals surface area (Å²) in [6, 6.07) is 19.4. The second-order valence-corrected chi connectivity index (χ2v) is 8.43. The van der Waals surface area contributed by atoms with E-state index < -0.39 is 0 Å². The van der Waals surface area contributed by atoms with Gasteiger partial charge >= 0.3 is 0 Å². The molecule has 6 rings (SSSR count). The Morgan fingerprint density at radius 2 is 1.60 bits per heavy atom. The lowest BCUT2D eigenvalue weighted by molar-refractivity contribution is 0.235. The van der Waals surface area contributed by atoms with E-state index in [9.17, 15) is 0 Å². The zero-order valence-corrected chi connectivity index (χ0v) is 14.7. The van der Waals surface area contributed by atoms with Gasteiger partial charge in [0.15, 0.2) is 0 Å². The number of allylic oxidation sites excluding steroid dienone is 1. The van der Waals surface area contributed by atoms with Crippen LogP contribution in [0.2, 0.25) is 0 Å². The topological polar surface area (TPSA) is 3.24 Å². The van der Waals surface area contributed by atoms with Gasteiger partial charge in [-0.2, -0.15) is 0 Å². The molecule has 1 saturated heterocycles. The molecule has 1 heterocycles. The van der Waals surface area contributed by atoms with Gasteiger partial charge in [-0.15, -0.1) is 0 Å². The number of hydrogen-bond donors (Lipinski definition) is 0. The van der Waals surface area contributed by atoms with E-state index in [1.165, 1.54) is 38.8 Å². The predicted molar refractivity (Wildman–Crippen MR) is 102 cm³/mol. The SMILES string of the molecule is C1=C(CN2CC3c4ccccc4C4CC2C3c2ccccc24)CCC1. The average Bonchev–Trinajstić information content (AvgIpc) is 3.24. The van der Waals surface area contributed by atoms with Crippen LogP contribution in [-0.2, 0) is 0 Å². The van der Waals surface area contributed by atoms with Gasteiger partial charge in [0.25, 0.3) is 0 Å². The van der Waals surface area contributed by atoms with Gasteiger partial charge in [-0.1, -0.05) is 60.2 Å². The van der Waals surface area contributed by atoms with Gasteiger partial charge in [0.2, 0.25) is 0 Å². The van der Waals surface area contributed by atoms with Gasteiger partial charge in [-0.3, -0.25) is 4.90 Å². The van der Waals surface area contributed by atoms with Gasteiger partial charge in [0.05, 0.1) is 0 Å². The van der Waals surface area contributed by atoms with Crippen molar-refractivity contribution in [2.45, 2.75) is 49.5 Å². The Morgan fingerprint density at radius 1 is 0.880 bits per heavy atom. The molecule has 126 valence electrons. The van der Waals surface area contributed by atoms with E-state index >= 15 is 0 Å². The molecule has 4 atom stereocenters. The van der Waals surface area contributed by atoms with Crippen LogP contribution in [0.5, 0.6) is 0 Å². The zero-order valence-electron chi connectivity index (χ0n) is 14.7. The second kappa shape index (κ2) is 5.32. The van der Waals surface area contributed by atoms with Crippen LogP contribution in [0.15, 0.2) is 60.2 Å². The van der Waals surface area contributed by atoms with E-state index in [2.05, 4.69) is 59.5 Å². The molecule has 4 aliphatic rings. The third kappa shape index (κ3) is 1.99. The Bertz CT molecular complexity index is 858. The number of nitrogens with zero attached hydrogens (tertiary/aromatic N) is 1. The molecule has 0 N–H and O–H groups in total. The largest absolute Gasteiger partial charge is 0.295 e. The lowest BCUT2D eigenvalue weighted by Crippen LogP contribution is -2.37. The molecule has 2 aromatic carbocycles. The number of rotatable bonds is 2. The maximum absolute atomic E-state index is 2.84. The molecule has 1 nitrogen and oxygen atoms in total. The van der Waals surface area contributed by atoms with E-state index in [4.69, 9.17) is 0 Å². The molecule has 0 spiro atoms. The predicted octanol–water partition coefficient (Wildman–Crippen LogP) is 5.20. The van der Waals surface area contributed by atoms with Crippen molar-refractivity contribution in [3.05, 3.63) is 82.4 Å². The molecule has 1 heteroatoms. The molecular weight excluding hydrogens is 302 g/mol. The van der Waals surface area contributed by atoms with Crippen LogP contribution >= 0.6 is 0 Å². The lowest BCUT2D eigenvalue weighted by atomic mass is 9.73. The van der Waals surface area contributed by atoms with Gasteiger partial charge < -0.3 is 0 Å². The van der Waals surface area contributed by atoms with E-state index in [1.54, 1.807) is 27.8 Å². The first-order valence-electron chi connectivity index (χ1n) is 10.00. The minimum atomic E-state index is 0.596. The smallest absolute Gasteiger partial charge is 0.0196 e. The first-order valence-corrected chi connectivity index (χ1v) is 10.00. The molecule has 1 fully saturated rings. The summed E-state index contributed by atoms with van der Waals surface area (Å²) in [7, 11) is 0. The summed E-state index contributed by atoms with van der Waals surface area (Å²) >= 11 is 0. The Morgan fingerprint density at radius 3 is 2.36 bits per heavy atom. The molecule has 0 amide bonds. The average molecular weight is 327 g/mol. The van der Waals surface area contributed by atoms with Crippen molar-refractivity contribution in [2.24, 2.45) is 0 Å². The van der Waals surface area contributed by atoms with Crippen molar-refractivity contribution >= 4 is 0 Å². The van der Waals surface area contributed by atoms with E-state index in [0.717, 1.165) is 6.04 Å². The van der Waals surface area contributed by atoms with Crippen molar-refractivity contribution in [3.63, 3.8) is 0 Å². The molecule has 2 aromatic rings. The molecular formula is C24H25N. The Hall–Kier alpha value is -1.86. The van der Waals surface area contributed by atoms with Crippen LogP contribution in [0.4, 0.5) is 0 Å². The van der Waals surface area contributed by atoms with E-state index in [1.807, 2.05) is 0 Å². The minimum absolute atomic E-state index is 0.596. The third-order valence-corrected chi connectivity index (χ3v) is 7.27. The normalized spacial score (nSPS) is 32.2. The number of benzene rings is 2. The summed E-state index contributed by atoms with van der Waals surface area (Å²) in [5.41, 5.74) is 8.21. The number of fused-ring (bicyclic) bond motifs is 3. The van der Waals surface area contributed by atoms with Crippen molar-refractivity contribution in [1.82, 2.24) is 4.90 Å². The molecule has 2 bridgehead atoms. The molecule has 4 unspecified atom stereocenters. The van der Waals surface area contributed by atoms with Crippen LogP contribution < -0.4 is 0 Å². The molecule has 1 aliphatic heterocycles. The summed E-state index contributed by atoms with van der Waals surface area (Å²) in [4.78, 5) is 2.84. The van der Waals surface area contributed by atoms with Gasteiger partial charge in [0, 0.05) is 36.9 Å².